The van der Waals surface area contributed by atoms with Crippen molar-refractivity contribution in [1.82, 2.24) is 9.80 Å². The minimum atomic E-state index is -1.20. The number of carbonyl (C=O) groups is 2. The van der Waals surface area contributed by atoms with Crippen molar-refractivity contribution in [3.63, 3.8) is 0 Å². The van der Waals surface area contributed by atoms with E-state index < -0.39 is 18.0 Å². The molecule has 1 aliphatic heterocycles. The van der Waals surface area contributed by atoms with Crippen molar-refractivity contribution in [2.75, 3.05) is 7.05 Å². The Kier molecular flexibility index (Phi) is 5.62. The predicted molar refractivity (Wildman–Crippen MR) is 119 cm³/mol. The number of carbonyl (C=O) groups excluding carboxylic acids is 1. The second kappa shape index (κ2) is 8.67. The van der Waals surface area contributed by atoms with E-state index in [1.54, 1.807) is 42.3 Å². The third-order valence-corrected chi connectivity index (χ3v) is 5.08. The van der Waals surface area contributed by atoms with Gasteiger partial charge < -0.3 is 10.0 Å². The van der Waals surface area contributed by atoms with Crippen molar-refractivity contribution >= 4 is 24.0 Å². The lowest BCUT2D eigenvalue weighted by Crippen LogP contribution is -2.35. The maximum atomic E-state index is 12.8. The number of rotatable bonds is 3. The summed E-state index contributed by atoms with van der Waals surface area (Å²) < 4.78 is 0. The summed E-state index contributed by atoms with van der Waals surface area (Å²) in [5, 5.41) is 10.1. The fourth-order valence-corrected chi connectivity index (χ4v) is 3.66. The van der Waals surface area contributed by atoms with Gasteiger partial charge in [0.05, 0.1) is 11.7 Å². The number of aliphatic imine (C=N–C) groups is 1. The molecular formula is C25H21N3O3. The predicted octanol–water partition coefficient (Wildman–Crippen LogP) is 4.89. The molecule has 1 saturated heterocycles. The molecular weight excluding hydrogens is 390 g/mol. The van der Waals surface area contributed by atoms with Crippen molar-refractivity contribution in [2.45, 2.75) is 6.04 Å². The van der Waals surface area contributed by atoms with Gasteiger partial charge in [-0.05, 0) is 29.3 Å². The maximum Gasteiger partial charge on any atom is 0.418 e. The Labute approximate surface area is 180 Å². The lowest BCUT2D eigenvalue weighted by atomic mass is 10.0. The van der Waals surface area contributed by atoms with Crippen molar-refractivity contribution in [3.8, 4) is 0 Å². The van der Waals surface area contributed by atoms with Gasteiger partial charge in [0.2, 0.25) is 5.96 Å². The summed E-state index contributed by atoms with van der Waals surface area (Å²) in [6.45, 7) is 0. The fourth-order valence-electron chi connectivity index (χ4n) is 3.66. The molecule has 1 heterocycles. The maximum absolute atomic E-state index is 12.8. The lowest BCUT2D eigenvalue weighted by molar-refractivity contribution is 0.100. The van der Waals surface area contributed by atoms with Crippen LogP contribution in [0.1, 0.15) is 27.5 Å². The van der Waals surface area contributed by atoms with Crippen LogP contribution in [0.25, 0.3) is 6.08 Å². The van der Waals surface area contributed by atoms with E-state index in [0.717, 1.165) is 16.0 Å². The normalized spacial score (nSPS) is 18.5. The number of hydrogen-bond acceptors (Lipinski definition) is 2. The van der Waals surface area contributed by atoms with Crippen LogP contribution in [-0.2, 0) is 0 Å². The quantitative estimate of drug-likeness (QED) is 0.666. The number of benzene rings is 3. The summed E-state index contributed by atoms with van der Waals surface area (Å²) in [5.41, 5.74) is 2.65. The molecule has 1 N–H and O–H groups in total. The van der Waals surface area contributed by atoms with E-state index in [-0.39, 0.29) is 5.96 Å². The number of carboxylic acid groups (broad SMARTS) is 1. The van der Waals surface area contributed by atoms with Crippen LogP contribution in [-0.4, -0.2) is 39.9 Å². The van der Waals surface area contributed by atoms with E-state index in [9.17, 15) is 14.7 Å². The van der Waals surface area contributed by atoms with Crippen LogP contribution in [0.4, 0.5) is 4.79 Å². The van der Waals surface area contributed by atoms with Crippen molar-refractivity contribution in [2.24, 2.45) is 4.99 Å². The molecule has 6 nitrogen and oxygen atoms in total. The van der Waals surface area contributed by atoms with Gasteiger partial charge in [0.25, 0.3) is 5.91 Å². The van der Waals surface area contributed by atoms with Gasteiger partial charge in [0.15, 0.2) is 0 Å². The Morgan fingerprint density at radius 3 is 2.00 bits per heavy atom. The Hall–Kier alpha value is -4.19. The third kappa shape index (κ3) is 4.09. The summed E-state index contributed by atoms with van der Waals surface area (Å²) in [4.78, 5) is 32.1. The molecule has 0 aliphatic carbocycles. The molecule has 2 amide bonds. The highest BCUT2D eigenvalue weighted by Gasteiger charge is 2.43. The largest absolute Gasteiger partial charge is 0.464 e. The minimum Gasteiger partial charge on any atom is -0.464 e. The summed E-state index contributed by atoms with van der Waals surface area (Å²) in [5.74, 6) is -0.432. The van der Waals surface area contributed by atoms with Gasteiger partial charge in [0.1, 0.15) is 0 Å². The Bertz CT molecular complexity index is 1140. The molecule has 1 atom stereocenters. The van der Waals surface area contributed by atoms with E-state index in [2.05, 4.69) is 4.99 Å². The van der Waals surface area contributed by atoms with Crippen molar-refractivity contribution in [1.29, 1.82) is 0 Å². The van der Waals surface area contributed by atoms with Crippen LogP contribution in [0.2, 0.25) is 0 Å². The first-order valence-corrected chi connectivity index (χ1v) is 9.82. The lowest BCUT2D eigenvalue weighted by Gasteiger charge is -2.20. The highest BCUT2D eigenvalue weighted by Crippen LogP contribution is 2.38. The van der Waals surface area contributed by atoms with Crippen LogP contribution >= 0.6 is 0 Å². The molecule has 0 saturated carbocycles. The van der Waals surface area contributed by atoms with Crippen LogP contribution in [0, 0.1) is 0 Å². The van der Waals surface area contributed by atoms with Gasteiger partial charge in [0, 0.05) is 12.6 Å². The standard InChI is InChI=1S/C25H21N3O3/c1-27-22(19-13-7-3-8-14-19)21(17-18-11-5-2-6-12-18)28(25(30)31)24(27)26-23(29)20-15-9-4-10-16-20/h2-17,22H,1H3,(H,30,31). The highest BCUT2D eigenvalue weighted by atomic mass is 16.4. The number of nitrogens with zero attached hydrogens (tertiary/aromatic N) is 3. The monoisotopic (exact) mass is 411 g/mol. The molecule has 0 bridgehead atoms. The van der Waals surface area contributed by atoms with Gasteiger partial charge in [-0.25, -0.2) is 9.69 Å². The molecule has 1 aliphatic rings. The average molecular weight is 411 g/mol. The zero-order valence-electron chi connectivity index (χ0n) is 16.9. The summed E-state index contributed by atoms with van der Waals surface area (Å²) in [6.07, 6.45) is 0.615. The first-order chi connectivity index (χ1) is 15.1. The Morgan fingerprint density at radius 1 is 0.871 bits per heavy atom. The third-order valence-electron chi connectivity index (χ3n) is 5.08. The minimum absolute atomic E-state index is 0.0670. The van der Waals surface area contributed by atoms with Crippen LogP contribution in [0.5, 0.6) is 0 Å². The number of hydrogen-bond donors (Lipinski definition) is 1. The second-order valence-corrected chi connectivity index (χ2v) is 7.10. The topological polar surface area (TPSA) is 73.2 Å². The van der Waals surface area contributed by atoms with E-state index >= 15 is 0 Å². The second-order valence-electron chi connectivity index (χ2n) is 7.10. The van der Waals surface area contributed by atoms with Gasteiger partial charge in [-0.1, -0.05) is 78.9 Å². The molecule has 0 spiro atoms. The van der Waals surface area contributed by atoms with E-state index in [1.165, 1.54) is 0 Å². The number of likely N-dealkylation sites (N-methyl/N-ethyl adjacent to an activating group) is 1. The van der Waals surface area contributed by atoms with Crippen molar-refractivity contribution < 1.29 is 14.7 Å². The Morgan fingerprint density at radius 2 is 1.42 bits per heavy atom. The molecule has 3 aromatic rings. The molecule has 4 rings (SSSR count). The zero-order chi connectivity index (χ0) is 21.8. The smallest absolute Gasteiger partial charge is 0.418 e. The number of amides is 2. The number of guanidine groups is 1. The molecule has 31 heavy (non-hydrogen) atoms. The van der Waals surface area contributed by atoms with Gasteiger partial charge in [-0.2, -0.15) is 4.99 Å². The summed E-state index contributed by atoms with van der Waals surface area (Å²) in [6, 6.07) is 27.2. The summed E-state index contributed by atoms with van der Waals surface area (Å²) in [7, 11) is 1.75. The molecule has 1 fully saturated rings. The first kappa shape index (κ1) is 20.1. The molecule has 0 radical (unpaired) electrons. The van der Waals surface area contributed by atoms with Crippen LogP contribution in [0.3, 0.4) is 0 Å². The van der Waals surface area contributed by atoms with E-state index in [1.807, 2.05) is 66.7 Å². The average Bonchev–Trinajstić information content (AvgIpc) is 3.06. The van der Waals surface area contributed by atoms with Crippen LogP contribution in [0.15, 0.2) is 102 Å². The van der Waals surface area contributed by atoms with Gasteiger partial charge in [-0.15, -0.1) is 0 Å². The van der Waals surface area contributed by atoms with E-state index in [0.29, 0.717) is 11.3 Å². The molecule has 154 valence electrons. The fraction of sp³-hybridized carbons (Fsp3) is 0.0800. The van der Waals surface area contributed by atoms with Gasteiger partial charge in [-0.3, -0.25) is 4.79 Å². The molecule has 0 aromatic heterocycles. The SMILES string of the molecule is CN1C(=NC(=O)c2ccccc2)N(C(=O)O)C(=Cc2ccccc2)C1c1ccccc1. The van der Waals surface area contributed by atoms with Gasteiger partial charge >= 0.3 is 6.09 Å². The first-order valence-electron chi connectivity index (χ1n) is 9.82. The highest BCUT2D eigenvalue weighted by molar-refractivity contribution is 6.08. The van der Waals surface area contributed by atoms with E-state index in [4.69, 9.17) is 0 Å². The molecule has 3 aromatic carbocycles. The molecule has 6 heteroatoms. The zero-order valence-corrected chi connectivity index (χ0v) is 16.9. The summed E-state index contributed by atoms with van der Waals surface area (Å²) >= 11 is 0. The van der Waals surface area contributed by atoms with Crippen molar-refractivity contribution in [3.05, 3.63) is 113 Å². The molecule has 1 unspecified atom stereocenters. The van der Waals surface area contributed by atoms with Crippen LogP contribution < -0.4 is 0 Å². The Balaban J connectivity index is 1.86.